The number of piperidine rings is 1. The fourth-order valence-electron chi connectivity index (χ4n) is 3.20. The minimum Gasteiger partial charge on any atom is -0.378 e. The van der Waals surface area contributed by atoms with Crippen molar-refractivity contribution in [3.05, 3.63) is 0 Å². The second-order valence-electron chi connectivity index (χ2n) is 6.46. The molecule has 1 atom stereocenters. The number of rotatable bonds is 5. The van der Waals surface area contributed by atoms with Crippen molar-refractivity contribution in [1.82, 2.24) is 9.80 Å². The Labute approximate surface area is 128 Å². The lowest BCUT2D eigenvalue weighted by atomic mass is 10.0. The summed E-state index contributed by atoms with van der Waals surface area (Å²) in [5, 5.41) is 0. The first-order valence-electron chi connectivity index (χ1n) is 8.31. The summed E-state index contributed by atoms with van der Waals surface area (Å²) in [6.45, 7) is 11.3. The molecule has 0 radical (unpaired) electrons. The Hall–Kier alpha value is -0.650. The van der Waals surface area contributed by atoms with Crippen LogP contribution in [0.25, 0.3) is 0 Å². The van der Waals surface area contributed by atoms with E-state index in [2.05, 4.69) is 11.8 Å². The van der Waals surface area contributed by atoms with Crippen LogP contribution in [-0.2, 0) is 14.3 Å². The van der Waals surface area contributed by atoms with Crippen LogP contribution >= 0.6 is 0 Å². The third-order valence-corrected chi connectivity index (χ3v) is 4.37. The summed E-state index contributed by atoms with van der Waals surface area (Å²) in [5.74, 6) is 0.240. The van der Waals surface area contributed by atoms with E-state index in [-0.39, 0.29) is 12.0 Å². The van der Waals surface area contributed by atoms with Crippen LogP contribution in [0.4, 0.5) is 0 Å². The van der Waals surface area contributed by atoms with E-state index >= 15 is 0 Å². The molecule has 0 spiro atoms. The fourth-order valence-corrected chi connectivity index (χ4v) is 3.20. The lowest BCUT2D eigenvalue weighted by Gasteiger charge is -2.41. The van der Waals surface area contributed by atoms with Crippen molar-refractivity contribution in [3.63, 3.8) is 0 Å². The molecule has 5 nitrogen and oxygen atoms in total. The monoisotopic (exact) mass is 298 g/mol. The van der Waals surface area contributed by atoms with Gasteiger partial charge in [0, 0.05) is 32.2 Å². The van der Waals surface area contributed by atoms with Crippen molar-refractivity contribution < 1.29 is 14.3 Å². The number of hydrogen-bond acceptors (Lipinski definition) is 4. The predicted octanol–water partition coefficient (Wildman–Crippen LogP) is 1.51. The smallest absolute Gasteiger partial charge is 0.224 e. The first-order chi connectivity index (χ1) is 10.1. The molecular formula is C16H30N2O3. The highest BCUT2D eigenvalue weighted by molar-refractivity contribution is 5.76. The van der Waals surface area contributed by atoms with Crippen LogP contribution in [0.2, 0.25) is 0 Å². The molecule has 2 saturated heterocycles. The van der Waals surface area contributed by atoms with Gasteiger partial charge in [-0.1, -0.05) is 0 Å². The van der Waals surface area contributed by atoms with E-state index in [9.17, 15) is 4.79 Å². The quantitative estimate of drug-likeness (QED) is 0.771. The number of amides is 1. The highest BCUT2D eigenvalue weighted by Crippen LogP contribution is 2.19. The molecule has 0 aliphatic carbocycles. The maximum Gasteiger partial charge on any atom is 0.224 e. The van der Waals surface area contributed by atoms with E-state index in [1.54, 1.807) is 0 Å². The molecule has 21 heavy (non-hydrogen) atoms. The van der Waals surface area contributed by atoms with Crippen molar-refractivity contribution in [2.75, 3.05) is 39.4 Å². The van der Waals surface area contributed by atoms with E-state index in [4.69, 9.17) is 9.47 Å². The van der Waals surface area contributed by atoms with Crippen molar-refractivity contribution in [2.24, 2.45) is 0 Å². The molecule has 2 aliphatic rings. The van der Waals surface area contributed by atoms with Crippen LogP contribution in [0.1, 0.15) is 40.0 Å². The zero-order chi connectivity index (χ0) is 15.2. The van der Waals surface area contributed by atoms with E-state index in [1.165, 1.54) is 0 Å². The van der Waals surface area contributed by atoms with E-state index < -0.39 is 0 Å². The van der Waals surface area contributed by atoms with Gasteiger partial charge in [0.15, 0.2) is 0 Å². The number of ether oxygens (including phenoxy) is 2. The number of carbonyl (C=O) groups is 1. The zero-order valence-corrected chi connectivity index (χ0v) is 13.7. The minimum atomic E-state index is 0.201. The van der Waals surface area contributed by atoms with Crippen molar-refractivity contribution >= 4 is 5.91 Å². The molecule has 0 bridgehead atoms. The van der Waals surface area contributed by atoms with Crippen LogP contribution in [0.3, 0.4) is 0 Å². The number of nitrogens with zero attached hydrogens (tertiary/aromatic N) is 2. The predicted molar refractivity (Wildman–Crippen MR) is 82.3 cm³/mol. The summed E-state index contributed by atoms with van der Waals surface area (Å²) < 4.78 is 11.1. The lowest BCUT2D eigenvalue weighted by molar-refractivity contribution is -0.134. The van der Waals surface area contributed by atoms with Crippen molar-refractivity contribution in [3.8, 4) is 0 Å². The van der Waals surface area contributed by atoms with Crippen molar-refractivity contribution in [2.45, 2.75) is 58.3 Å². The molecule has 1 amide bonds. The molecule has 0 unspecified atom stereocenters. The largest absolute Gasteiger partial charge is 0.378 e. The van der Waals surface area contributed by atoms with Gasteiger partial charge in [-0.15, -0.1) is 0 Å². The topological polar surface area (TPSA) is 42.0 Å². The molecule has 0 N–H and O–H groups in total. The van der Waals surface area contributed by atoms with Crippen LogP contribution in [-0.4, -0.2) is 73.3 Å². The lowest BCUT2D eigenvalue weighted by Crippen LogP contribution is -2.51. The number of carbonyl (C=O) groups excluding carboxylic acids is 1. The van der Waals surface area contributed by atoms with E-state index in [0.29, 0.717) is 25.2 Å². The summed E-state index contributed by atoms with van der Waals surface area (Å²) in [6, 6.07) is 0.618. The Morgan fingerprint density at radius 2 is 2.00 bits per heavy atom. The number of hydrogen-bond donors (Lipinski definition) is 0. The zero-order valence-electron chi connectivity index (χ0n) is 13.7. The van der Waals surface area contributed by atoms with Gasteiger partial charge in [0.25, 0.3) is 0 Å². The van der Waals surface area contributed by atoms with Crippen LogP contribution < -0.4 is 0 Å². The Morgan fingerprint density at radius 1 is 1.29 bits per heavy atom. The van der Waals surface area contributed by atoms with Gasteiger partial charge in [-0.2, -0.15) is 0 Å². The van der Waals surface area contributed by atoms with Crippen LogP contribution in [0.15, 0.2) is 0 Å². The van der Waals surface area contributed by atoms with Gasteiger partial charge in [0.2, 0.25) is 5.91 Å². The molecule has 0 aromatic heterocycles. The standard InChI is InChI=1S/C16H30N2O3/c1-13(2)20-10-6-16(19)17-7-4-15(5-8-17)18-9-11-21-14(3)12-18/h13-15H,4-12H2,1-3H3/t14-/m0/s1. The third-order valence-electron chi connectivity index (χ3n) is 4.37. The number of morpholine rings is 1. The molecule has 0 aromatic carbocycles. The molecule has 122 valence electrons. The van der Waals surface area contributed by atoms with Gasteiger partial charge in [0.1, 0.15) is 0 Å². The normalized spacial score (nSPS) is 25.5. The fraction of sp³-hybridized carbons (Fsp3) is 0.938. The Bertz CT molecular complexity index is 327. The third kappa shape index (κ3) is 5.24. The summed E-state index contributed by atoms with van der Waals surface area (Å²) in [4.78, 5) is 16.7. The second-order valence-corrected chi connectivity index (χ2v) is 6.46. The van der Waals surface area contributed by atoms with Crippen LogP contribution in [0.5, 0.6) is 0 Å². The summed E-state index contributed by atoms with van der Waals surface area (Å²) >= 11 is 0. The molecular weight excluding hydrogens is 268 g/mol. The van der Waals surface area contributed by atoms with E-state index in [0.717, 1.165) is 45.6 Å². The van der Waals surface area contributed by atoms with Gasteiger partial charge in [-0.05, 0) is 33.6 Å². The molecule has 2 fully saturated rings. The van der Waals surface area contributed by atoms with Gasteiger partial charge >= 0.3 is 0 Å². The molecule has 2 rings (SSSR count). The molecule has 0 aromatic rings. The van der Waals surface area contributed by atoms with E-state index in [1.807, 2.05) is 18.7 Å². The highest BCUT2D eigenvalue weighted by Gasteiger charge is 2.29. The highest BCUT2D eigenvalue weighted by atomic mass is 16.5. The maximum absolute atomic E-state index is 12.1. The molecule has 2 heterocycles. The molecule has 2 aliphatic heterocycles. The Morgan fingerprint density at radius 3 is 2.62 bits per heavy atom. The van der Waals surface area contributed by atoms with Gasteiger partial charge in [0.05, 0.1) is 31.8 Å². The summed E-state index contributed by atoms with van der Waals surface area (Å²) in [7, 11) is 0. The SMILES string of the molecule is CC(C)OCCC(=O)N1CCC(N2CCO[C@@H](C)C2)CC1. The molecule has 0 saturated carbocycles. The minimum absolute atomic E-state index is 0.201. The first kappa shape index (κ1) is 16.7. The van der Waals surface area contributed by atoms with Crippen LogP contribution in [0, 0.1) is 0 Å². The van der Waals surface area contributed by atoms with Gasteiger partial charge in [-0.25, -0.2) is 0 Å². The second kappa shape index (κ2) is 8.11. The summed E-state index contributed by atoms with van der Waals surface area (Å²) in [6.07, 6.45) is 3.23. The Balaban J connectivity index is 1.68. The summed E-state index contributed by atoms with van der Waals surface area (Å²) in [5.41, 5.74) is 0. The van der Waals surface area contributed by atoms with Gasteiger partial charge < -0.3 is 14.4 Å². The maximum atomic E-state index is 12.1. The van der Waals surface area contributed by atoms with Gasteiger partial charge in [-0.3, -0.25) is 9.69 Å². The Kier molecular flexibility index (Phi) is 6.45. The first-order valence-corrected chi connectivity index (χ1v) is 8.31. The molecule has 5 heteroatoms. The van der Waals surface area contributed by atoms with Crippen molar-refractivity contribution in [1.29, 1.82) is 0 Å². The number of likely N-dealkylation sites (tertiary alicyclic amines) is 1. The average molecular weight is 298 g/mol. The average Bonchev–Trinajstić information content (AvgIpc) is 2.47.